The summed E-state index contributed by atoms with van der Waals surface area (Å²) in [6.07, 6.45) is 1.48. The predicted octanol–water partition coefficient (Wildman–Crippen LogP) is 5.72. The van der Waals surface area contributed by atoms with E-state index in [0.717, 1.165) is 18.4 Å². The number of hydrogen-bond donors (Lipinski definition) is 0. The zero-order valence-corrected chi connectivity index (χ0v) is 17.0. The molecule has 0 spiro atoms. The Bertz CT molecular complexity index is 1200. The maximum Gasteiger partial charge on any atom is 0.261 e. The van der Waals surface area contributed by atoms with E-state index in [1.54, 1.807) is 34.9 Å². The van der Waals surface area contributed by atoms with Crippen LogP contribution < -0.4 is 10.3 Å². The minimum Gasteiger partial charge on any atom is -0.494 e. The van der Waals surface area contributed by atoms with E-state index in [9.17, 15) is 9.18 Å². The number of para-hydroxylation sites is 1. The summed E-state index contributed by atoms with van der Waals surface area (Å²) < 4.78 is 20.3. The fraction of sp³-hybridized carbons (Fsp3) is 0.167. The Balaban J connectivity index is 1.53. The maximum absolute atomic E-state index is 13.1. The molecular weight excluding hydrogens is 403 g/mol. The Morgan fingerprint density at radius 1 is 0.933 bits per heavy atom. The first-order chi connectivity index (χ1) is 14.6. The molecule has 0 aliphatic heterocycles. The second kappa shape index (κ2) is 9.09. The molecule has 4 nitrogen and oxygen atoms in total. The van der Waals surface area contributed by atoms with Gasteiger partial charge in [0.25, 0.3) is 5.56 Å². The summed E-state index contributed by atoms with van der Waals surface area (Å²) in [6.45, 7) is 0.999. The molecular formula is C24H20ClFN2O2. The summed E-state index contributed by atoms with van der Waals surface area (Å²) in [5, 5.41) is 1.23. The van der Waals surface area contributed by atoms with Crippen LogP contribution in [0, 0.1) is 5.82 Å². The van der Waals surface area contributed by atoms with E-state index >= 15 is 0 Å². The maximum atomic E-state index is 13.1. The molecule has 0 aliphatic rings. The first-order valence-electron chi connectivity index (χ1n) is 9.76. The molecule has 0 amide bonds. The first kappa shape index (κ1) is 20.1. The van der Waals surface area contributed by atoms with Crippen molar-refractivity contribution in [3.63, 3.8) is 0 Å². The highest BCUT2D eigenvalue weighted by Crippen LogP contribution is 2.21. The molecule has 6 heteroatoms. The molecule has 4 aromatic rings. The van der Waals surface area contributed by atoms with Crippen LogP contribution in [-0.4, -0.2) is 16.2 Å². The lowest BCUT2D eigenvalue weighted by Gasteiger charge is -2.14. The lowest BCUT2D eigenvalue weighted by molar-refractivity contribution is 0.302. The molecule has 0 unspecified atom stereocenters. The van der Waals surface area contributed by atoms with Crippen molar-refractivity contribution in [1.29, 1.82) is 0 Å². The lowest BCUT2D eigenvalue weighted by Crippen LogP contribution is -2.24. The molecule has 0 atom stereocenters. The van der Waals surface area contributed by atoms with Crippen LogP contribution >= 0.6 is 11.6 Å². The van der Waals surface area contributed by atoms with Gasteiger partial charge in [-0.25, -0.2) is 9.37 Å². The fourth-order valence-corrected chi connectivity index (χ4v) is 3.41. The van der Waals surface area contributed by atoms with Crippen molar-refractivity contribution in [2.75, 3.05) is 6.61 Å². The molecule has 4 rings (SSSR count). The van der Waals surface area contributed by atoms with Crippen molar-refractivity contribution in [3.8, 4) is 17.1 Å². The molecule has 0 N–H and O–H groups in total. The number of rotatable bonds is 7. The highest BCUT2D eigenvalue weighted by Gasteiger charge is 2.12. The van der Waals surface area contributed by atoms with E-state index in [1.165, 1.54) is 12.1 Å². The second-order valence-corrected chi connectivity index (χ2v) is 7.36. The molecule has 0 radical (unpaired) electrons. The number of benzene rings is 3. The number of ether oxygens (including phenoxy) is 1. The Kier molecular flexibility index (Phi) is 6.10. The number of aromatic nitrogens is 2. The van der Waals surface area contributed by atoms with Crippen LogP contribution in [0.25, 0.3) is 22.3 Å². The van der Waals surface area contributed by atoms with E-state index in [4.69, 9.17) is 21.3 Å². The van der Waals surface area contributed by atoms with Gasteiger partial charge in [0.05, 0.1) is 17.5 Å². The minimum absolute atomic E-state index is 0.0648. The topological polar surface area (TPSA) is 44.1 Å². The van der Waals surface area contributed by atoms with Crippen molar-refractivity contribution in [2.24, 2.45) is 0 Å². The molecule has 0 saturated heterocycles. The van der Waals surface area contributed by atoms with Gasteiger partial charge in [0.1, 0.15) is 17.4 Å². The van der Waals surface area contributed by atoms with Crippen molar-refractivity contribution in [1.82, 2.24) is 9.55 Å². The van der Waals surface area contributed by atoms with Gasteiger partial charge in [0.2, 0.25) is 0 Å². The smallest absolute Gasteiger partial charge is 0.261 e. The zero-order chi connectivity index (χ0) is 20.9. The number of hydrogen-bond acceptors (Lipinski definition) is 3. The minimum atomic E-state index is -0.291. The van der Waals surface area contributed by atoms with Crippen molar-refractivity contribution < 1.29 is 9.13 Å². The molecule has 1 heterocycles. The van der Waals surface area contributed by atoms with E-state index in [1.807, 2.05) is 30.3 Å². The summed E-state index contributed by atoms with van der Waals surface area (Å²) in [6, 6.07) is 20.6. The van der Waals surface area contributed by atoms with Gasteiger partial charge >= 0.3 is 0 Å². The lowest BCUT2D eigenvalue weighted by atomic mass is 10.1. The van der Waals surface area contributed by atoms with Crippen LogP contribution in [0.5, 0.6) is 5.75 Å². The quantitative estimate of drug-likeness (QED) is 0.358. The third kappa shape index (κ3) is 4.52. The van der Waals surface area contributed by atoms with Gasteiger partial charge in [-0.3, -0.25) is 9.36 Å². The van der Waals surface area contributed by atoms with Gasteiger partial charge in [-0.2, -0.15) is 0 Å². The Morgan fingerprint density at radius 3 is 2.43 bits per heavy atom. The molecule has 30 heavy (non-hydrogen) atoms. The van der Waals surface area contributed by atoms with Gasteiger partial charge in [-0.05, 0) is 73.5 Å². The van der Waals surface area contributed by atoms with Gasteiger partial charge in [-0.15, -0.1) is 0 Å². The largest absolute Gasteiger partial charge is 0.494 e. The molecule has 0 saturated carbocycles. The second-order valence-electron chi connectivity index (χ2n) is 6.93. The Labute approximate surface area is 178 Å². The summed E-state index contributed by atoms with van der Waals surface area (Å²) >= 11 is 6.02. The normalized spacial score (nSPS) is 11.0. The SMILES string of the molecule is O=c1c2ccccc2nc(-c2ccc(Cl)cc2)n1CCCCOc1ccc(F)cc1. The first-order valence-corrected chi connectivity index (χ1v) is 10.1. The van der Waals surface area contributed by atoms with Crippen molar-refractivity contribution in [2.45, 2.75) is 19.4 Å². The summed E-state index contributed by atoms with van der Waals surface area (Å²) in [5.74, 6) is 0.956. The van der Waals surface area contributed by atoms with Crippen LogP contribution in [0.4, 0.5) is 4.39 Å². The van der Waals surface area contributed by atoms with Gasteiger partial charge < -0.3 is 4.74 Å². The molecule has 3 aromatic carbocycles. The van der Waals surface area contributed by atoms with Crippen LogP contribution in [0.1, 0.15) is 12.8 Å². The summed E-state index contributed by atoms with van der Waals surface area (Å²) in [5.41, 5.74) is 1.44. The van der Waals surface area contributed by atoms with Crippen LogP contribution in [0.2, 0.25) is 5.02 Å². The van der Waals surface area contributed by atoms with Gasteiger partial charge in [0.15, 0.2) is 0 Å². The molecule has 152 valence electrons. The average molecular weight is 423 g/mol. The number of unbranched alkanes of at least 4 members (excludes halogenated alkanes) is 1. The van der Waals surface area contributed by atoms with Crippen LogP contribution in [0.3, 0.4) is 0 Å². The van der Waals surface area contributed by atoms with Crippen LogP contribution in [0.15, 0.2) is 77.6 Å². The van der Waals surface area contributed by atoms with Gasteiger partial charge in [0, 0.05) is 17.1 Å². The summed E-state index contributed by atoms with van der Waals surface area (Å²) in [7, 11) is 0. The monoisotopic (exact) mass is 422 g/mol. The van der Waals surface area contributed by atoms with E-state index in [0.29, 0.717) is 40.7 Å². The van der Waals surface area contributed by atoms with E-state index in [-0.39, 0.29) is 11.4 Å². The zero-order valence-electron chi connectivity index (χ0n) is 16.2. The summed E-state index contributed by atoms with van der Waals surface area (Å²) in [4.78, 5) is 17.9. The molecule has 0 fully saturated rings. The highest BCUT2D eigenvalue weighted by molar-refractivity contribution is 6.30. The Morgan fingerprint density at radius 2 is 1.67 bits per heavy atom. The van der Waals surface area contributed by atoms with E-state index in [2.05, 4.69) is 0 Å². The number of nitrogens with zero attached hydrogens (tertiary/aromatic N) is 2. The predicted molar refractivity (Wildman–Crippen MR) is 118 cm³/mol. The third-order valence-electron chi connectivity index (χ3n) is 4.82. The molecule has 0 aliphatic carbocycles. The fourth-order valence-electron chi connectivity index (χ4n) is 3.29. The number of fused-ring (bicyclic) bond motifs is 1. The molecule has 1 aromatic heterocycles. The number of halogens is 2. The van der Waals surface area contributed by atoms with Crippen molar-refractivity contribution >= 4 is 22.5 Å². The standard InChI is InChI=1S/C24H20ClFN2O2/c25-18-9-7-17(8-10-18)23-27-22-6-2-1-5-21(22)24(29)28(23)15-3-4-16-30-20-13-11-19(26)12-14-20/h1-2,5-14H,3-4,15-16H2. The van der Waals surface area contributed by atoms with Crippen molar-refractivity contribution in [3.05, 3.63) is 94.0 Å². The average Bonchev–Trinajstić information content (AvgIpc) is 2.76. The third-order valence-corrected chi connectivity index (χ3v) is 5.07. The Hall–Kier alpha value is -3.18. The van der Waals surface area contributed by atoms with E-state index < -0.39 is 0 Å². The van der Waals surface area contributed by atoms with Gasteiger partial charge in [-0.1, -0.05) is 23.7 Å². The molecule has 0 bridgehead atoms. The van der Waals surface area contributed by atoms with Crippen LogP contribution in [-0.2, 0) is 6.54 Å². The highest BCUT2D eigenvalue weighted by atomic mass is 35.5.